The molecule has 0 spiro atoms. The first-order valence-electron chi connectivity index (χ1n) is 19.5. The quantitative estimate of drug-likeness (QED) is 0.236. The zero-order valence-corrected chi connectivity index (χ0v) is 33.8. The average Bonchev–Trinajstić information content (AvgIpc) is 4.02. The third-order valence-corrected chi connectivity index (χ3v) is 14.0. The number of allylic oxidation sites excluding steroid dienone is 2. The van der Waals surface area contributed by atoms with Gasteiger partial charge in [-0.3, -0.25) is 23.9 Å². The summed E-state index contributed by atoms with van der Waals surface area (Å²) in [6, 6.07) is 2.96. The normalized spacial score (nSPS) is 30.0. The van der Waals surface area contributed by atoms with E-state index >= 15 is 0 Å². The summed E-state index contributed by atoms with van der Waals surface area (Å²) in [6.07, 6.45) is 6.23. The number of rotatable bonds is 9. The molecule has 1 aromatic carbocycles. The number of methoxy groups -OCH3 is 1. The number of sulfonamides is 1. The maximum absolute atomic E-state index is 14.8. The standard InChI is InChI=1S/C41H53F2N3O9S/c1-24-9-7-8-10-26-19-41(26,38(50)45-56(51,52)40(23-42)13-14-40)20-33(47)32-17-28(54-36-29-12-11-27(43)16-31(29)34(53-6)21-44-36)22-46(32)37(49)30(25(2)15-24)18-35(48)55-39(3,4)5/h8,10-12,16,21,24-26,28,30,32H,7,9,13-15,17-20,22-23H2,1-6H3,(H,45,50)/b10-8-/t24-,25-,26-,28-,30+,32+,41-/m1/s1. The molecule has 0 unspecified atom stereocenters. The van der Waals surface area contributed by atoms with Gasteiger partial charge in [-0.1, -0.05) is 26.0 Å². The Morgan fingerprint density at radius 1 is 1.11 bits per heavy atom. The van der Waals surface area contributed by atoms with Crippen molar-refractivity contribution in [2.45, 2.75) is 115 Å². The van der Waals surface area contributed by atoms with E-state index in [1.165, 1.54) is 36.4 Å². The fraction of sp³-hybridized carbons (Fsp3) is 0.634. The number of hydrogen-bond acceptors (Lipinski definition) is 10. The van der Waals surface area contributed by atoms with Crippen LogP contribution in [0.3, 0.4) is 0 Å². The zero-order valence-electron chi connectivity index (χ0n) is 32.9. The maximum atomic E-state index is 14.8. The van der Waals surface area contributed by atoms with Gasteiger partial charge >= 0.3 is 5.97 Å². The lowest BCUT2D eigenvalue weighted by Crippen LogP contribution is -2.48. The molecule has 2 amide bonds. The number of ketones is 1. The van der Waals surface area contributed by atoms with Gasteiger partial charge in [-0.15, -0.1) is 0 Å². The largest absolute Gasteiger partial charge is 0.494 e. The Labute approximate surface area is 327 Å². The number of amides is 2. The predicted molar refractivity (Wildman–Crippen MR) is 203 cm³/mol. The molecule has 3 heterocycles. The van der Waals surface area contributed by atoms with Crippen LogP contribution < -0.4 is 14.2 Å². The number of fused-ring (bicyclic) bond motifs is 3. The van der Waals surface area contributed by atoms with Gasteiger partial charge in [0.05, 0.1) is 43.6 Å². The molecule has 1 aromatic heterocycles. The van der Waals surface area contributed by atoms with Crippen LogP contribution in [-0.4, -0.2) is 84.7 Å². The number of alkyl halides is 1. The van der Waals surface area contributed by atoms with Crippen LogP contribution in [0.15, 0.2) is 36.5 Å². The molecule has 1 saturated heterocycles. The van der Waals surface area contributed by atoms with Crippen molar-refractivity contribution in [1.29, 1.82) is 0 Å². The Morgan fingerprint density at radius 3 is 2.50 bits per heavy atom. The first-order valence-corrected chi connectivity index (χ1v) is 20.9. The molecule has 6 rings (SSSR count). The van der Waals surface area contributed by atoms with Crippen molar-refractivity contribution in [3.8, 4) is 11.6 Å². The van der Waals surface area contributed by atoms with Gasteiger partial charge in [-0.2, -0.15) is 0 Å². The number of esters is 1. The van der Waals surface area contributed by atoms with Crippen LogP contribution in [-0.2, 0) is 33.9 Å². The smallest absolute Gasteiger partial charge is 0.307 e. The van der Waals surface area contributed by atoms with Crippen LogP contribution in [0.1, 0.15) is 92.4 Å². The van der Waals surface area contributed by atoms with Gasteiger partial charge in [0.25, 0.3) is 0 Å². The highest BCUT2D eigenvalue weighted by atomic mass is 32.2. The van der Waals surface area contributed by atoms with Crippen LogP contribution in [0.5, 0.6) is 11.6 Å². The van der Waals surface area contributed by atoms with E-state index in [4.69, 9.17) is 14.2 Å². The molecule has 12 nitrogen and oxygen atoms in total. The summed E-state index contributed by atoms with van der Waals surface area (Å²) in [5, 5.41) is 0.860. The molecule has 1 N–H and O–H groups in total. The van der Waals surface area contributed by atoms with Gasteiger partial charge in [-0.05, 0) is 95.2 Å². The van der Waals surface area contributed by atoms with Gasteiger partial charge in [0.2, 0.25) is 27.7 Å². The lowest BCUT2D eigenvalue weighted by molar-refractivity contribution is -0.160. The van der Waals surface area contributed by atoms with Gasteiger partial charge in [-0.25, -0.2) is 22.2 Å². The molecule has 7 atom stereocenters. The molecular formula is C41H53F2N3O9S. The number of hydrogen-bond donors (Lipinski definition) is 1. The highest BCUT2D eigenvalue weighted by Crippen LogP contribution is 2.58. The van der Waals surface area contributed by atoms with E-state index in [1.54, 1.807) is 20.8 Å². The molecule has 2 aliphatic carbocycles. The fourth-order valence-corrected chi connectivity index (χ4v) is 9.83. The number of carbonyl (C=O) groups is 4. The fourth-order valence-electron chi connectivity index (χ4n) is 8.38. The van der Waals surface area contributed by atoms with E-state index < -0.39 is 85.8 Å². The van der Waals surface area contributed by atoms with Crippen molar-refractivity contribution in [3.05, 3.63) is 42.4 Å². The molecule has 3 fully saturated rings. The summed E-state index contributed by atoms with van der Waals surface area (Å²) < 4.78 is 72.5. The summed E-state index contributed by atoms with van der Waals surface area (Å²) >= 11 is 0. The van der Waals surface area contributed by atoms with Crippen LogP contribution in [0.4, 0.5) is 8.78 Å². The Morgan fingerprint density at radius 2 is 1.84 bits per heavy atom. The second-order valence-electron chi connectivity index (χ2n) is 17.4. The number of carbonyl (C=O) groups excluding carboxylic acids is 4. The number of aromatic nitrogens is 1. The SMILES string of the molecule is COc1cnc(O[C@@H]2C[C@H]3C(=O)C[C@]4(C(=O)NS(=O)(=O)C5(CF)CC5)C[C@H]4/C=C\CC[C@@H](C)C[C@@H](C)[C@H](CC(=O)OC(C)(C)C)C(=O)N3C2)c2ccc(F)cc12. The Balaban J connectivity index is 1.36. The molecule has 306 valence electrons. The number of nitrogens with one attached hydrogen (secondary N) is 1. The highest BCUT2D eigenvalue weighted by molar-refractivity contribution is 7.91. The van der Waals surface area contributed by atoms with Gasteiger partial charge in [0.1, 0.15) is 34.7 Å². The first kappa shape index (κ1) is 41.5. The maximum Gasteiger partial charge on any atom is 0.307 e. The number of halogens is 2. The van der Waals surface area contributed by atoms with Crippen molar-refractivity contribution in [1.82, 2.24) is 14.6 Å². The Kier molecular flexibility index (Phi) is 11.6. The van der Waals surface area contributed by atoms with Gasteiger partial charge < -0.3 is 19.1 Å². The third kappa shape index (κ3) is 8.57. The lowest BCUT2D eigenvalue weighted by atomic mass is 9.82. The number of Topliss-reactive ketones (excluding diaryl/α,β-unsaturated/α-hetero) is 1. The molecule has 15 heteroatoms. The van der Waals surface area contributed by atoms with Crippen molar-refractivity contribution in [2.24, 2.45) is 29.1 Å². The molecule has 4 aliphatic rings. The summed E-state index contributed by atoms with van der Waals surface area (Å²) in [7, 11) is -2.93. The van der Waals surface area contributed by atoms with Crippen molar-refractivity contribution in [2.75, 3.05) is 20.3 Å². The van der Waals surface area contributed by atoms with Gasteiger partial charge in [0.15, 0.2) is 5.78 Å². The summed E-state index contributed by atoms with van der Waals surface area (Å²) in [5.74, 6) is -3.79. The van der Waals surface area contributed by atoms with E-state index in [1.807, 2.05) is 19.1 Å². The molecule has 0 radical (unpaired) electrons. The summed E-state index contributed by atoms with van der Waals surface area (Å²) in [6.45, 7) is 8.04. The molecule has 2 aliphatic heterocycles. The monoisotopic (exact) mass is 801 g/mol. The van der Waals surface area contributed by atoms with Crippen LogP contribution in [0.2, 0.25) is 0 Å². The molecule has 56 heavy (non-hydrogen) atoms. The Bertz CT molecular complexity index is 2010. The minimum atomic E-state index is -4.36. The summed E-state index contributed by atoms with van der Waals surface area (Å²) in [4.78, 5) is 62.5. The topological polar surface area (TPSA) is 158 Å². The van der Waals surface area contributed by atoms with Crippen molar-refractivity contribution in [3.63, 3.8) is 0 Å². The van der Waals surface area contributed by atoms with E-state index in [2.05, 4.69) is 16.6 Å². The predicted octanol–water partition coefficient (Wildman–Crippen LogP) is 6.00. The van der Waals surface area contributed by atoms with Crippen molar-refractivity contribution >= 4 is 44.4 Å². The van der Waals surface area contributed by atoms with Crippen molar-refractivity contribution < 1.29 is 50.6 Å². The van der Waals surface area contributed by atoms with E-state index in [-0.39, 0.29) is 62.8 Å². The van der Waals surface area contributed by atoms with Crippen LogP contribution >= 0.6 is 0 Å². The third-order valence-electron chi connectivity index (χ3n) is 11.9. The average molecular weight is 802 g/mol. The molecular weight excluding hydrogens is 749 g/mol. The molecule has 0 bridgehead atoms. The zero-order chi connectivity index (χ0) is 40.8. The molecule has 2 saturated carbocycles. The number of pyridine rings is 1. The Hall–Kier alpha value is -4.14. The van der Waals surface area contributed by atoms with E-state index in [9.17, 15) is 36.4 Å². The molecule has 2 aromatic rings. The second-order valence-corrected chi connectivity index (χ2v) is 19.5. The number of benzene rings is 1. The van der Waals surface area contributed by atoms with Crippen LogP contribution in [0.25, 0.3) is 10.8 Å². The van der Waals surface area contributed by atoms with Gasteiger partial charge in [0, 0.05) is 23.6 Å². The minimum Gasteiger partial charge on any atom is -0.494 e. The lowest BCUT2D eigenvalue weighted by Gasteiger charge is -2.32. The summed E-state index contributed by atoms with van der Waals surface area (Å²) in [5.41, 5.74) is -2.22. The van der Waals surface area contributed by atoms with E-state index in [0.717, 1.165) is 6.42 Å². The minimum absolute atomic E-state index is 0.00633. The number of ether oxygens (including phenoxy) is 3. The second kappa shape index (κ2) is 15.7. The first-order chi connectivity index (χ1) is 26.3. The highest BCUT2D eigenvalue weighted by Gasteiger charge is 2.63. The van der Waals surface area contributed by atoms with Crippen LogP contribution in [0, 0.1) is 34.9 Å². The number of nitrogens with zero attached hydrogens (tertiary/aromatic N) is 2. The van der Waals surface area contributed by atoms with E-state index in [0.29, 0.717) is 29.4 Å².